The Hall–Kier alpha value is -2.50. The fourth-order valence-electron chi connectivity index (χ4n) is 2.75. The van der Waals surface area contributed by atoms with E-state index in [9.17, 15) is 0 Å². The monoisotopic (exact) mass is 357 g/mol. The fraction of sp³-hybridized carbons (Fsp3) is 0.500. The summed E-state index contributed by atoms with van der Waals surface area (Å²) in [4.78, 5) is 10.7. The van der Waals surface area contributed by atoms with Gasteiger partial charge in [-0.3, -0.25) is 4.99 Å². The van der Waals surface area contributed by atoms with Crippen molar-refractivity contribution in [3.8, 4) is 5.75 Å². The van der Waals surface area contributed by atoms with Crippen LogP contribution in [0.25, 0.3) is 0 Å². The van der Waals surface area contributed by atoms with Gasteiger partial charge in [0.15, 0.2) is 5.96 Å². The van der Waals surface area contributed by atoms with E-state index < -0.39 is 0 Å². The number of imidazole rings is 1. The highest BCUT2D eigenvalue weighted by Crippen LogP contribution is 2.15. The van der Waals surface area contributed by atoms with Crippen LogP contribution in [0.3, 0.4) is 0 Å². The lowest BCUT2D eigenvalue weighted by Crippen LogP contribution is -2.41. The van der Waals surface area contributed by atoms with Crippen LogP contribution in [0.1, 0.15) is 24.2 Å². The predicted octanol–water partition coefficient (Wildman–Crippen LogP) is 2.87. The zero-order chi connectivity index (χ0) is 18.8. The topological polar surface area (TPSA) is 54.7 Å². The molecule has 1 aromatic carbocycles. The number of rotatable bonds is 9. The van der Waals surface area contributed by atoms with Crippen LogP contribution in [0.15, 0.2) is 41.7 Å². The molecule has 0 amide bonds. The van der Waals surface area contributed by atoms with Gasteiger partial charge in [-0.05, 0) is 38.3 Å². The third-order valence-corrected chi connectivity index (χ3v) is 4.38. The molecule has 0 atom stereocenters. The fourth-order valence-corrected chi connectivity index (χ4v) is 2.75. The predicted molar refractivity (Wildman–Crippen MR) is 107 cm³/mol. The number of aliphatic imine (C=N–C) groups is 1. The van der Waals surface area contributed by atoms with Gasteiger partial charge in [0.25, 0.3) is 0 Å². The van der Waals surface area contributed by atoms with Crippen LogP contribution in [0, 0.1) is 13.8 Å². The van der Waals surface area contributed by atoms with Crippen molar-refractivity contribution in [2.45, 2.75) is 33.2 Å². The molecule has 6 nitrogen and oxygen atoms in total. The molecule has 0 saturated heterocycles. The van der Waals surface area contributed by atoms with Gasteiger partial charge in [0.05, 0.1) is 6.54 Å². The smallest absolute Gasteiger partial charge is 0.193 e. The Morgan fingerprint density at radius 2 is 2.08 bits per heavy atom. The highest BCUT2D eigenvalue weighted by molar-refractivity contribution is 5.79. The summed E-state index contributed by atoms with van der Waals surface area (Å²) in [6.07, 6.45) is 6.08. The summed E-state index contributed by atoms with van der Waals surface area (Å²) in [5, 5.41) is 3.42. The molecule has 2 aromatic rings. The second-order valence-electron chi connectivity index (χ2n) is 6.38. The van der Waals surface area contributed by atoms with Gasteiger partial charge in [-0.15, -0.1) is 0 Å². The van der Waals surface area contributed by atoms with Crippen LogP contribution >= 0.6 is 0 Å². The summed E-state index contributed by atoms with van der Waals surface area (Å²) in [6.45, 7) is 7.42. The molecule has 0 fully saturated rings. The molecular weight excluding hydrogens is 326 g/mol. The van der Waals surface area contributed by atoms with E-state index in [1.807, 2.05) is 51.6 Å². The average Bonchev–Trinajstić information content (AvgIpc) is 3.04. The number of hydrogen-bond acceptors (Lipinski definition) is 3. The maximum atomic E-state index is 5.86. The number of para-hydroxylation sites is 1. The molecule has 0 saturated carbocycles. The molecule has 0 unspecified atom stereocenters. The summed E-state index contributed by atoms with van der Waals surface area (Å²) in [6, 6.07) is 8.08. The summed E-state index contributed by atoms with van der Waals surface area (Å²) in [5.41, 5.74) is 1.16. The molecule has 6 heteroatoms. The molecule has 1 N–H and O–H groups in total. The molecule has 1 aromatic heterocycles. The standard InChI is InChI=1S/C20H31N5O/c1-17-9-5-6-10-19(17)26-16-15-24(4)20(21-3)23-11-7-8-13-25-14-12-22-18(25)2/h5-6,9-10,12,14H,7-8,11,13,15-16H2,1-4H3,(H,21,23). The number of likely N-dealkylation sites (N-methyl/N-ethyl adjacent to an activating group) is 1. The van der Waals surface area contributed by atoms with Gasteiger partial charge in [-0.2, -0.15) is 0 Å². The Labute approximate surface area is 156 Å². The maximum absolute atomic E-state index is 5.86. The molecule has 1 heterocycles. The second-order valence-corrected chi connectivity index (χ2v) is 6.38. The van der Waals surface area contributed by atoms with E-state index in [0.717, 1.165) is 55.6 Å². The van der Waals surface area contributed by atoms with Crippen LogP contribution in [-0.4, -0.2) is 54.2 Å². The Morgan fingerprint density at radius 1 is 1.27 bits per heavy atom. The second kappa shape index (κ2) is 10.5. The first kappa shape index (κ1) is 19.8. The Kier molecular flexibility index (Phi) is 7.99. The minimum atomic E-state index is 0.627. The van der Waals surface area contributed by atoms with Crippen molar-refractivity contribution in [3.63, 3.8) is 0 Å². The number of aryl methyl sites for hydroxylation is 3. The van der Waals surface area contributed by atoms with Crippen LogP contribution in [0.2, 0.25) is 0 Å². The Morgan fingerprint density at radius 3 is 2.77 bits per heavy atom. The van der Waals surface area contributed by atoms with Gasteiger partial charge in [0, 0.05) is 39.6 Å². The third-order valence-electron chi connectivity index (χ3n) is 4.38. The van der Waals surface area contributed by atoms with Crippen molar-refractivity contribution in [1.29, 1.82) is 0 Å². The highest BCUT2D eigenvalue weighted by Gasteiger charge is 2.06. The van der Waals surface area contributed by atoms with Crippen LogP contribution in [-0.2, 0) is 6.54 Å². The molecule has 0 bridgehead atoms. The lowest BCUT2D eigenvalue weighted by molar-refractivity contribution is 0.280. The Balaban J connectivity index is 1.64. The number of nitrogens with zero attached hydrogens (tertiary/aromatic N) is 4. The maximum Gasteiger partial charge on any atom is 0.193 e. The zero-order valence-electron chi connectivity index (χ0n) is 16.4. The van der Waals surface area contributed by atoms with Crippen LogP contribution in [0.5, 0.6) is 5.75 Å². The van der Waals surface area contributed by atoms with Crippen molar-refractivity contribution in [2.24, 2.45) is 4.99 Å². The number of unbranched alkanes of at least 4 members (excludes halogenated alkanes) is 1. The van der Waals surface area contributed by atoms with E-state index in [2.05, 4.69) is 37.8 Å². The lowest BCUT2D eigenvalue weighted by Gasteiger charge is -2.22. The quantitative estimate of drug-likeness (QED) is 0.426. The first-order chi connectivity index (χ1) is 12.6. The molecule has 0 radical (unpaired) electrons. The molecule has 0 spiro atoms. The number of aromatic nitrogens is 2. The van der Waals surface area contributed by atoms with Crippen molar-refractivity contribution in [1.82, 2.24) is 19.8 Å². The first-order valence-corrected chi connectivity index (χ1v) is 9.19. The van der Waals surface area contributed by atoms with Gasteiger partial charge in [-0.25, -0.2) is 4.98 Å². The summed E-state index contributed by atoms with van der Waals surface area (Å²) >= 11 is 0. The number of guanidine groups is 1. The zero-order valence-corrected chi connectivity index (χ0v) is 16.4. The molecule has 0 aliphatic heterocycles. The Bertz CT molecular complexity index is 695. The van der Waals surface area contributed by atoms with Crippen molar-refractivity contribution < 1.29 is 4.74 Å². The van der Waals surface area contributed by atoms with Gasteiger partial charge in [0.2, 0.25) is 0 Å². The SMILES string of the molecule is CN=C(NCCCCn1ccnc1C)N(C)CCOc1ccccc1C. The van der Waals surface area contributed by atoms with Gasteiger partial charge < -0.3 is 19.5 Å². The van der Waals surface area contributed by atoms with E-state index in [1.54, 1.807) is 0 Å². The van der Waals surface area contributed by atoms with Crippen molar-refractivity contribution in [2.75, 3.05) is 33.8 Å². The van der Waals surface area contributed by atoms with Gasteiger partial charge in [-0.1, -0.05) is 18.2 Å². The average molecular weight is 358 g/mol. The van der Waals surface area contributed by atoms with Crippen LogP contribution in [0.4, 0.5) is 0 Å². The lowest BCUT2D eigenvalue weighted by atomic mass is 10.2. The number of ether oxygens (including phenoxy) is 1. The number of nitrogens with one attached hydrogen (secondary N) is 1. The summed E-state index contributed by atoms with van der Waals surface area (Å²) in [7, 11) is 3.85. The number of benzene rings is 1. The van der Waals surface area contributed by atoms with Crippen LogP contribution < -0.4 is 10.1 Å². The summed E-state index contributed by atoms with van der Waals surface area (Å²) < 4.78 is 8.05. The normalized spacial score (nSPS) is 11.5. The first-order valence-electron chi connectivity index (χ1n) is 9.19. The molecular formula is C20H31N5O. The van der Waals surface area contributed by atoms with E-state index in [1.165, 1.54) is 0 Å². The van der Waals surface area contributed by atoms with Crippen molar-refractivity contribution in [3.05, 3.63) is 48.0 Å². The van der Waals surface area contributed by atoms with Gasteiger partial charge >= 0.3 is 0 Å². The van der Waals surface area contributed by atoms with E-state index in [4.69, 9.17) is 4.74 Å². The van der Waals surface area contributed by atoms with E-state index >= 15 is 0 Å². The molecule has 2 rings (SSSR count). The molecule has 26 heavy (non-hydrogen) atoms. The van der Waals surface area contributed by atoms with E-state index in [0.29, 0.717) is 6.61 Å². The molecule has 0 aliphatic rings. The number of hydrogen-bond donors (Lipinski definition) is 1. The summed E-state index contributed by atoms with van der Waals surface area (Å²) in [5.74, 6) is 2.91. The highest BCUT2D eigenvalue weighted by atomic mass is 16.5. The largest absolute Gasteiger partial charge is 0.491 e. The van der Waals surface area contributed by atoms with Gasteiger partial charge in [0.1, 0.15) is 18.2 Å². The minimum Gasteiger partial charge on any atom is -0.491 e. The van der Waals surface area contributed by atoms with E-state index in [-0.39, 0.29) is 0 Å². The molecule has 142 valence electrons. The molecule has 0 aliphatic carbocycles. The third kappa shape index (κ3) is 6.10. The van der Waals surface area contributed by atoms with Crippen molar-refractivity contribution >= 4 is 5.96 Å². The minimum absolute atomic E-state index is 0.627.